The molecular formula is C18H22N4O. The standard InChI is InChI=1S/C18H22N4O/c1-11(12-8-6-5-7-9-12)20-15-14(19)10-13-16(21-15)22(4)17(23)18(13,2)3/h5-11H,19H2,1-4H3,(H,20,21)/t11-/m0/s1. The van der Waals surface area contributed by atoms with Gasteiger partial charge in [-0.1, -0.05) is 30.3 Å². The molecule has 1 atom stereocenters. The minimum atomic E-state index is -0.589. The summed E-state index contributed by atoms with van der Waals surface area (Å²) in [5, 5.41) is 3.34. The maximum atomic E-state index is 12.4. The van der Waals surface area contributed by atoms with Gasteiger partial charge in [0, 0.05) is 12.6 Å². The van der Waals surface area contributed by atoms with Crippen molar-refractivity contribution in [2.75, 3.05) is 23.0 Å². The van der Waals surface area contributed by atoms with Crippen LogP contribution in [0, 0.1) is 0 Å². The number of carbonyl (C=O) groups excluding carboxylic acids is 1. The molecule has 0 saturated heterocycles. The number of nitrogen functional groups attached to an aromatic ring is 1. The summed E-state index contributed by atoms with van der Waals surface area (Å²) in [4.78, 5) is 18.6. The van der Waals surface area contributed by atoms with Crippen molar-refractivity contribution in [3.8, 4) is 0 Å². The smallest absolute Gasteiger partial charge is 0.238 e. The number of nitrogens with zero attached hydrogens (tertiary/aromatic N) is 2. The van der Waals surface area contributed by atoms with Crippen LogP contribution < -0.4 is 16.0 Å². The predicted octanol–water partition coefficient (Wildman–Crippen LogP) is 3.09. The number of nitrogens with one attached hydrogen (secondary N) is 1. The summed E-state index contributed by atoms with van der Waals surface area (Å²) < 4.78 is 0. The largest absolute Gasteiger partial charge is 0.396 e. The molecular weight excluding hydrogens is 288 g/mol. The van der Waals surface area contributed by atoms with Crippen LogP contribution >= 0.6 is 0 Å². The molecule has 5 nitrogen and oxygen atoms in total. The van der Waals surface area contributed by atoms with Gasteiger partial charge in [0.05, 0.1) is 17.1 Å². The molecule has 0 spiro atoms. The fraction of sp³-hybridized carbons (Fsp3) is 0.333. The quantitative estimate of drug-likeness (QED) is 0.914. The Balaban J connectivity index is 1.96. The van der Waals surface area contributed by atoms with Crippen molar-refractivity contribution in [2.24, 2.45) is 0 Å². The molecule has 120 valence electrons. The summed E-state index contributed by atoms with van der Waals surface area (Å²) in [6.45, 7) is 5.86. The van der Waals surface area contributed by atoms with Gasteiger partial charge in [-0.25, -0.2) is 4.98 Å². The van der Waals surface area contributed by atoms with Crippen LogP contribution in [0.4, 0.5) is 17.3 Å². The lowest BCUT2D eigenvalue weighted by molar-refractivity contribution is -0.121. The molecule has 2 aromatic rings. The number of anilines is 3. The number of likely N-dealkylation sites (N-methyl/N-ethyl adjacent to an activating group) is 1. The Morgan fingerprint density at radius 2 is 1.91 bits per heavy atom. The van der Waals surface area contributed by atoms with Crippen LogP contribution in [-0.4, -0.2) is 17.9 Å². The average Bonchev–Trinajstić information content (AvgIpc) is 2.70. The third-order valence-corrected chi connectivity index (χ3v) is 4.52. The molecule has 0 bridgehead atoms. The fourth-order valence-corrected chi connectivity index (χ4v) is 3.01. The summed E-state index contributed by atoms with van der Waals surface area (Å²) in [6.07, 6.45) is 0. The van der Waals surface area contributed by atoms with E-state index in [-0.39, 0.29) is 11.9 Å². The highest BCUT2D eigenvalue weighted by Crippen LogP contribution is 2.42. The topological polar surface area (TPSA) is 71.2 Å². The van der Waals surface area contributed by atoms with E-state index in [0.29, 0.717) is 17.3 Å². The lowest BCUT2D eigenvalue weighted by Gasteiger charge is -2.19. The Labute approximate surface area is 136 Å². The second-order valence-electron chi connectivity index (χ2n) is 6.56. The molecule has 0 unspecified atom stereocenters. The van der Waals surface area contributed by atoms with Crippen LogP contribution in [0.2, 0.25) is 0 Å². The van der Waals surface area contributed by atoms with Gasteiger partial charge in [0.2, 0.25) is 5.91 Å². The number of fused-ring (bicyclic) bond motifs is 1. The number of benzene rings is 1. The molecule has 3 rings (SSSR count). The van der Waals surface area contributed by atoms with E-state index in [1.54, 1.807) is 11.9 Å². The number of nitrogens with two attached hydrogens (primary N) is 1. The lowest BCUT2D eigenvalue weighted by atomic mass is 9.87. The maximum Gasteiger partial charge on any atom is 0.238 e. The van der Waals surface area contributed by atoms with Crippen LogP contribution in [0.25, 0.3) is 0 Å². The number of hydrogen-bond acceptors (Lipinski definition) is 4. The van der Waals surface area contributed by atoms with Crippen molar-refractivity contribution in [3.05, 3.63) is 47.5 Å². The van der Waals surface area contributed by atoms with Gasteiger partial charge in [0.15, 0.2) is 5.82 Å². The number of rotatable bonds is 3. The molecule has 5 heteroatoms. The van der Waals surface area contributed by atoms with E-state index in [9.17, 15) is 4.79 Å². The van der Waals surface area contributed by atoms with E-state index in [0.717, 1.165) is 11.1 Å². The highest BCUT2D eigenvalue weighted by Gasteiger charge is 2.43. The minimum Gasteiger partial charge on any atom is -0.396 e. The first kappa shape index (κ1) is 15.3. The second-order valence-corrected chi connectivity index (χ2v) is 6.56. The molecule has 1 amide bonds. The highest BCUT2D eigenvalue weighted by atomic mass is 16.2. The van der Waals surface area contributed by atoms with Crippen molar-refractivity contribution in [2.45, 2.75) is 32.2 Å². The molecule has 2 heterocycles. The fourth-order valence-electron chi connectivity index (χ4n) is 3.01. The maximum absolute atomic E-state index is 12.4. The van der Waals surface area contributed by atoms with Crippen molar-refractivity contribution in [1.29, 1.82) is 0 Å². The van der Waals surface area contributed by atoms with Crippen LogP contribution in [0.3, 0.4) is 0 Å². The zero-order valence-corrected chi connectivity index (χ0v) is 13.9. The normalized spacial score (nSPS) is 17.0. The van der Waals surface area contributed by atoms with Crippen molar-refractivity contribution in [3.63, 3.8) is 0 Å². The Morgan fingerprint density at radius 3 is 2.57 bits per heavy atom. The summed E-state index contributed by atoms with van der Waals surface area (Å²) >= 11 is 0. The molecule has 1 aliphatic rings. The van der Waals surface area contributed by atoms with Crippen LogP contribution in [0.5, 0.6) is 0 Å². The van der Waals surface area contributed by atoms with Gasteiger partial charge in [-0.3, -0.25) is 9.69 Å². The first-order valence-corrected chi connectivity index (χ1v) is 7.73. The molecule has 1 aromatic carbocycles. The zero-order valence-electron chi connectivity index (χ0n) is 13.9. The Hall–Kier alpha value is -2.56. The van der Waals surface area contributed by atoms with Crippen molar-refractivity contribution >= 4 is 23.2 Å². The first-order chi connectivity index (χ1) is 10.8. The molecule has 3 N–H and O–H groups in total. The molecule has 0 fully saturated rings. The Bertz CT molecular complexity index is 755. The summed E-state index contributed by atoms with van der Waals surface area (Å²) in [5.41, 5.74) is 8.17. The number of pyridine rings is 1. The number of amides is 1. The summed E-state index contributed by atoms with van der Waals surface area (Å²) in [6, 6.07) is 12.0. The van der Waals surface area contributed by atoms with Gasteiger partial charge in [0.25, 0.3) is 0 Å². The van der Waals surface area contributed by atoms with Gasteiger partial charge < -0.3 is 11.1 Å². The SMILES string of the molecule is C[C@H](Nc1nc2c(cc1N)C(C)(C)C(=O)N2C)c1ccccc1. The minimum absolute atomic E-state index is 0.0349. The third kappa shape index (κ3) is 2.42. The molecule has 0 radical (unpaired) electrons. The highest BCUT2D eigenvalue weighted by molar-refractivity contribution is 6.06. The monoisotopic (exact) mass is 310 g/mol. The van der Waals surface area contributed by atoms with E-state index >= 15 is 0 Å². The second kappa shape index (κ2) is 5.26. The lowest BCUT2D eigenvalue weighted by Crippen LogP contribution is -2.33. The van der Waals surface area contributed by atoms with Crippen molar-refractivity contribution < 1.29 is 4.79 Å². The number of carbonyl (C=O) groups is 1. The molecule has 0 saturated carbocycles. The van der Waals surface area contributed by atoms with Gasteiger partial charge in [-0.05, 0) is 32.4 Å². The van der Waals surface area contributed by atoms with Gasteiger partial charge in [-0.2, -0.15) is 0 Å². The van der Waals surface area contributed by atoms with Crippen LogP contribution in [0.15, 0.2) is 36.4 Å². The van der Waals surface area contributed by atoms with Crippen LogP contribution in [0.1, 0.15) is 37.9 Å². The van der Waals surface area contributed by atoms with Gasteiger partial charge in [-0.15, -0.1) is 0 Å². The Kier molecular flexibility index (Phi) is 3.51. The molecule has 1 aliphatic heterocycles. The molecule has 23 heavy (non-hydrogen) atoms. The van der Waals surface area contributed by atoms with E-state index in [1.807, 2.05) is 38.1 Å². The first-order valence-electron chi connectivity index (χ1n) is 7.73. The van der Waals surface area contributed by atoms with Crippen molar-refractivity contribution in [1.82, 2.24) is 4.98 Å². The Morgan fingerprint density at radius 1 is 1.26 bits per heavy atom. The number of hydrogen-bond donors (Lipinski definition) is 2. The van der Waals surface area contributed by atoms with Crippen LogP contribution in [-0.2, 0) is 10.2 Å². The molecule has 1 aromatic heterocycles. The predicted molar refractivity (Wildman–Crippen MR) is 93.6 cm³/mol. The summed E-state index contributed by atoms with van der Waals surface area (Å²) in [7, 11) is 1.75. The van der Waals surface area contributed by atoms with E-state index < -0.39 is 5.41 Å². The van der Waals surface area contributed by atoms with E-state index in [2.05, 4.69) is 29.4 Å². The zero-order chi connectivity index (χ0) is 16.8. The molecule has 0 aliphatic carbocycles. The van der Waals surface area contributed by atoms with Gasteiger partial charge >= 0.3 is 0 Å². The van der Waals surface area contributed by atoms with E-state index in [4.69, 9.17) is 5.73 Å². The number of aromatic nitrogens is 1. The van der Waals surface area contributed by atoms with E-state index in [1.165, 1.54) is 0 Å². The summed E-state index contributed by atoms with van der Waals surface area (Å²) in [5.74, 6) is 1.32. The third-order valence-electron chi connectivity index (χ3n) is 4.52. The average molecular weight is 310 g/mol. The van der Waals surface area contributed by atoms with Gasteiger partial charge in [0.1, 0.15) is 5.82 Å².